The average Bonchev–Trinajstić information content (AvgIpc) is 3.05. The first-order valence-electron chi connectivity index (χ1n) is 7.21. The van der Waals surface area contributed by atoms with E-state index in [1.807, 2.05) is 6.07 Å². The van der Waals surface area contributed by atoms with Gasteiger partial charge in [-0.1, -0.05) is 0 Å². The van der Waals surface area contributed by atoms with Gasteiger partial charge in [0, 0.05) is 17.1 Å². The number of aromatic nitrogens is 1. The summed E-state index contributed by atoms with van der Waals surface area (Å²) in [6.45, 7) is 1.12. The minimum Gasteiger partial charge on any atom is -0.454 e. The number of carbonyl (C=O) groups is 2. The highest BCUT2D eigenvalue weighted by Gasteiger charge is 2.25. The van der Waals surface area contributed by atoms with E-state index in [0.29, 0.717) is 15.6 Å². The molecule has 0 fully saturated rings. The van der Waals surface area contributed by atoms with Gasteiger partial charge in [-0.05, 0) is 25.3 Å². The van der Waals surface area contributed by atoms with E-state index in [4.69, 9.17) is 4.74 Å². The summed E-state index contributed by atoms with van der Waals surface area (Å²) < 4.78 is 4.92. The van der Waals surface area contributed by atoms with Gasteiger partial charge in [0.15, 0.2) is 18.3 Å². The van der Waals surface area contributed by atoms with Gasteiger partial charge in [0.05, 0.1) is 21.5 Å². The van der Waals surface area contributed by atoms with E-state index in [9.17, 15) is 25.0 Å². The van der Waals surface area contributed by atoms with Crippen LogP contribution in [-0.4, -0.2) is 34.5 Å². The van der Waals surface area contributed by atoms with Crippen LogP contribution in [0.15, 0.2) is 28.5 Å². The first kappa shape index (κ1) is 19.6. The Kier molecular flexibility index (Phi) is 6.43. The Morgan fingerprint density at radius 3 is 2.77 bits per heavy atom. The molecule has 134 valence electrons. The molecule has 0 N–H and O–H groups in total. The molecular formula is C16H13N3O5S2. The second kappa shape index (κ2) is 8.55. The van der Waals surface area contributed by atoms with Crippen molar-refractivity contribution >= 4 is 40.5 Å². The SMILES string of the molecule is CSc1ccc(C(=O)OCC(=O)[C@@H](C#N)c2nc(C)cs2)cc1[N+](=O)[O-]. The summed E-state index contributed by atoms with van der Waals surface area (Å²) in [6, 6.07) is 5.78. The third-order valence-corrected chi connectivity index (χ3v) is 5.10. The summed E-state index contributed by atoms with van der Waals surface area (Å²) in [4.78, 5) is 39.2. The highest BCUT2D eigenvalue weighted by atomic mass is 32.2. The maximum absolute atomic E-state index is 12.2. The lowest BCUT2D eigenvalue weighted by atomic mass is 10.1. The number of esters is 1. The molecule has 0 unspecified atom stereocenters. The molecule has 2 rings (SSSR count). The zero-order chi connectivity index (χ0) is 19.3. The molecule has 1 aromatic heterocycles. The number of nitriles is 1. The van der Waals surface area contributed by atoms with E-state index in [-0.39, 0.29) is 11.3 Å². The molecule has 0 amide bonds. The molecule has 0 aliphatic heterocycles. The van der Waals surface area contributed by atoms with Gasteiger partial charge >= 0.3 is 5.97 Å². The van der Waals surface area contributed by atoms with Crippen LogP contribution in [0.5, 0.6) is 0 Å². The van der Waals surface area contributed by atoms with Gasteiger partial charge in [0.25, 0.3) is 5.69 Å². The van der Waals surface area contributed by atoms with Crippen molar-refractivity contribution in [2.75, 3.05) is 12.9 Å². The van der Waals surface area contributed by atoms with Gasteiger partial charge in [-0.2, -0.15) is 5.26 Å². The van der Waals surface area contributed by atoms with Crippen molar-refractivity contribution < 1.29 is 19.2 Å². The van der Waals surface area contributed by atoms with Gasteiger partial charge in [0.1, 0.15) is 5.01 Å². The fourth-order valence-corrected chi connectivity index (χ4v) is 3.44. The fraction of sp³-hybridized carbons (Fsp3) is 0.250. The number of rotatable bonds is 7. The van der Waals surface area contributed by atoms with Crippen LogP contribution in [0.4, 0.5) is 5.69 Å². The summed E-state index contributed by atoms with van der Waals surface area (Å²) in [6.07, 6.45) is 1.68. The van der Waals surface area contributed by atoms with E-state index in [0.717, 1.165) is 6.07 Å². The number of nitro groups is 1. The standard InChI is InChI=1S/C16H13N3O5S2/c1-9-8-26-15(18-9)11(6-17)13(20)7-24-16(21)10-3-4-14(25-2)12(5-10)19(22)23/h3-5,8,11H,7H2,1-2H3/t11-/m1/s1. The van der Waals surface area contributed by atoms with Crippen LogP contribution < -0.4 is 0 Å². The van der Waals surface area contributed by atoms with Crippen molar-refractivity contribution in [1.82, 2.24) is 4.98 Å². The van der Waals surface area contributed by atoms with E-state index in [1.165, 1.54) is 35.2 Å². The molecule has 0 bridgehead atoms. The maximum Gasteiger partial charge on any atom is 0.338 e. The first-order valence-corrected chi connectivity index (χ1v) is 9.31. The molecule has 26 heavy (non-hydrogen) atoms. The lowest BCUT2D eigenvalue weighted by molar-refractivity contribution is -0.387. The Bertz CT molecular complexity index is 904. The van der Waals surface area contributed by atoms with Crippen LogP contribution in [0.25, 0.3) is 0 Å². The number of hydrogen-bond acceptors (Lipinski definition) is 9. The molecule has 0 saturated carbocycles. The van der Waals surface area contributed by atoms with E-state index < -0.39 is 29.2 Å². The summed E-state index contributed by atoms with van der Waals surface area (Å²) in [5, 5.41) is 22.3. The summed E-state index contributed by atoms with van der Waals surface area (Å²) in [7, 11) is 0. The Hall–Kier alpha value is -2.77. The predicted molar refractivity (Wildman–Crippen MR) is 95.4 cm³/mol. The van der Waals surface area contributed by atoms with Crippen LogP contribution in [0.3, 0.4) is 0 Å². The van der Waals surface area contributed by atoms with Crippen molar-refractivity contribution in [3.8, 4) is 6.07 Å². The Morgan fingerprint density at radius 1 is 1.50 bits per heavy atom. The van der Waals surface area contributed by atoms with Crippen molar-refractivity contribution in [2.45, 2.75) is 17.7 Å². The Morgan fingerprint density at radius 2 is 2.23 bits per heavy atom. The van der Waals surface area contributed by atoms with E-state index in [1.54, 1.807) is 18.6 Å². The molecule has 1 aromatic carbocycles. The van der Waals surface area contributed by atoms with Crippen molar-refractivity contribution in [3.63, 3.8) is 0 Å². The number of aryl methyl sites for hydroxylation is 1. The number of hydrogen-bond donors (Lipinski definition) is 0. The zero-order valence-corrected chi connectivity index (χ0v) is 15.4. The minimum atomic E-state index is -1.12. The predicted octanol–water partition coefficient (Wildman–Crippen LogP) is 3.11. The molecule has 10 heteroatoms. The number of ketones is 1. The summed E-state index contributed by atoms with van der Waals surface area (Å²) in [5.74, 6) is -2.60. The molecule has 1 heterocycles. The number of carbonyl (C=O) groups excluding carboxylic acids is 2. The van der Waals surface area contributed by atoms with Crippen LogP contribution in [0, 0.1) is 28.4 Å². The van der Waals surface area contributed by atoms with Crippen LogP contribution in [0.2, 0.25) is 0 Å². The average molecular weight is 391 g/mol. The van der Waals surface area contributed by atoms with Crippen LogP contribution in [-0.2, 0) is 9.53 Å². The van der Waals surface area contributed by atoms with Crippen LogP contribution >= 0.6 is 23.1 Å². The highest BCUT2D eigenvalue weighted by molar-refractivity contribution is 7.98. The number of thioether (sulfide) groups is 1. The molecule has 1 atom stereocenters. The van der Waals surface area contributed by atoms with Crippen molar-refractivity contribution in [2.24, 2.45) is 0 Å². The normalized spacial score (nSPS) is 11.4. The lowest BCUT2D eigenvalue weighted by Gasteiger charge is -2.07. The number of ether oxygens (including phenoxy) is 1. The van der Waals surface area contributed by atoms with Gasteiger partial charge in [-0.15, -0.1) is 23.1 Å². The maximum atomic E-state index is 12.2. The van der Waals surface area contributed by atoms with Gasteiger partial charge in [-0.25, -0.2) is 9.78 Å². The Labute approximate surface area is 157 Å². The second-order valence-corrected chi connectivity index (χ2v) is 6.81. The first-order chi connectivity index (χ1) is 12.4. The van der Waals surface area contributed by atoms with Gasteiger partial charge in [-0.3, -0.25) is 14.9 Å². The Balaban J connectivity index is 2.08. The molecule has 2 aromatic rings. The monoisotopic (exact) mass is 391 g/mol. The molecular weight excluding hydrogens is 378 g/mol. The molecule has 0 aliphatic rings. The lowest BCUT2D eigenvalue weighted by Crippen LogP contribution is -2.20. The summed E-state index contributed by atoms with van der Waals surface area (Å²) in [5.41, 5.74) is 0.434. The number of Topliss-reactive ketones (excluding diaryl/α,β-unsaturated/α-hetero) is 1. The smallest absolute Gasteiger partial charge is 0.338 e. The van der Waals surface area contributed by atoms with Crippen LogP contribution in [0.1, 0.15) is 27.0 Å². The van der Waals surface area contributed by atoms with E-state index >= 15 is 0 Å². The van der Waals surface area contributed by atoms with Gasteiger partial charge < -0.3 is 4.74 Å². The van der Waals surface area contributed by atoms with Crippen molar-refractivity contribution in [1.29, 1.82) is 5.26 Å². The zero-order valence-electron chi connectivity index (χ0n) is 13.8. The van der Waals surface area contributed by atoms with Crippen molar-refractivity contribution in [3.05, 3.63) is 50.0 Å². The quantitative estimate of drug-likeness (QED) is 0.305. The molecule has 0 aliphatic carbocycles. The topological polar surface area (TPSA) is 123 Å². The third kappa shape index (κ3) is 4.44. The number of nitro benzene ring substituents is 1. The molecule has 8 nitrogen and oxygen atoms in total. The third-order valence-electron chi connectivity index (χ3n) is 3.29. The summed E-state index contributed by atoms with van der Waals surface area (Å²) >= 11 is 2.36. The van der Waals surface area contributed by atoms with E-state index in [2.05, 4.69) is 4.98 Å². The fourth-order valence-electron chi connectivity index (χ4n) is 2.03. The number of thiazole rings is 1. The molecule has 0 spiro atoms. The molecule has 0 saturated heterocycles. The second-order valence-electron chi connectivity index (χ2n) is 5.08. The minimum absolute atomic E-state index is 0.0408. The highest BCUT2D eigenvalue weighted by Crippen LogP contribution is 2.28. The van der Waals surface area contributed by atoms with Gasteiger partial charge in [0.2, 0.25) is 0 Å². The number of benzene rings is 1. The largest absolute Gasteiger partial charge is 0.454 e. The number of nitrogens with zero attached hydrogens (tertiary/aromatic N) is 3. The molecule has 0 radical (unpaired) electrons.